The van der Waals surface area contributed by atoms with E-state index in [-0.39, 0.29) is 22.5 Å². The Bertz CT molecular complexity index is 730. The van der Waals surface area contributed by atoms with Crippen LogP contribution in [-0.2, 0) is 9.59 Å². The molecule has 0 radical (unpaired) electrons. The van der Waals surface area contributed by atoms with Crippen LogP contribution in [0.3, 0.4) is 0 Å². The lowest BCUT2D eigenvalue weighted by atomic mass is 9.45. The summed E-state index contributed by atoms with van der Waals surface area (Å²) < 4.78 is 0. The van der Waals surface area contributed by atoms with E-state index in [9.17, 15) is 9.59 Å². The molecule has 3 saturated carbocycles. The zero-order valence-corrected chi connectivity index (χ0v) is 15.5. The molecule has 6 atom stereocenters. The highest BCUT2D eigenvalue weighted by atomic mass is 35.5. The Balaban J connectivity index is 1.86. The number of halogens is 1. The van der Waals surface area contributed by atoms with Crippen molar-refractivity contribution in [3.63, 3.8) is 0 Å². The maximum absolute atomic E-state index is 12.5. The van der Waals surface area contributed by atoms with Gasteiger partial charge in [-0.3, -0.25) is 9.59 Å². The Labute approximate surface area is 149 Å². The molecule has 4 aliphatic rings. The Hall–Kier alpha value is -1.15. The summed E-state index contributed by atoms with van der Waals surface area (Å²) in [5, 5.41) is 0.392. The van der Waals surface area contributed by atoms with Gasteiger partial charge in [0.15, 0.2) is 5.78 Å². The first-order valence-corrected chi connectivity index (χ1v) is 9.45. The minimum absolute atomic E-state index is 0.0843. The Morgan fingerprint density at radius 1 is 1.21 bits per heavy atom. The highest BCUT2D eigenvalue weighted by molar-refractivity contribution is 6.45. The second-order valence-electron chi connectivity index (χ2n) is 8.66. The smallest absolute Gasteiger partial charge is 0.196 e. The van der Waals surface area contributed by atoms with Gasteiger partial charge in [-0.15, -0.1) is 0 Å². The Kier molecular flexibility index (Phi) is 3.36. The van der Waals surface area contributed by atoms with Crippen LogP contribution in [0.15, 0.2) is 34.9 Å². The summed E-state index contributed by atoms with van der Waals surface area (Å²) >= 11 is 6.47. The lowest BCUT2D eigenvalue weighted by Crippen LogP contribution is -2.52. The van der Waals surface area contributed by atoms with Gasteiger partial charge in [0.1, 0.15) is 5.78 Å². The molecule has 4 rings (SSSR count). The van der Waals surface area contributed by atoms with Crippen LogP contribution in [0.5, 0.6) is 0 Å². The van der Waals surface area contributed by atoms with Crippen LogP contribution in [0.2, 0.25) is 0 Å². The zero-order chi connectivity index (χ0) is 17.4. The van der Waals surface area contributed by atoms with E-state index < -0.39 is 0 Å². The van der Waals surface area contributed by atoms with Gasteiger partial charge in [0.2, 0.25) is 0 Å². The molecule has 0 N–H and O–H groups in total. The van der Waals surface area contributed by atoms with Crippen LogP contribution < -0.4 is 0 Å². The third-order valence-corrected chi connectivity index (χ3v) is 8.17. The van der Waals surface area contributed by atoms with E-state index >= 15 is 0 Å². The summed E-state index contributed by atoms with van der Waals surface area (Å²) in [6, 6.07) is 0. The number of carbonyl (C=O) groups excluding carboxylic acids is 2. The van der Waals surface area contributed by atoms with Crippen molar-refractivity contribution in [1.29, 1.82) is 0 Å². The number of Topliss-reactive ketones (excluding diaryl/α,β-unsaturated/α-hetero) is 1. The number of carbonyl (C=O) groups is 2. The standard InChI is InChI=1S/C21H25ClO2/c1-11-12(2)18-19(22)15(23)8-10-21(18,4)14-7-9-20(3)13(17(11)14)5-6-16(20)24/h8,10,12-14,17H,1,5-7,9H2,2-4H3/t12?,13-,14-,17-,20-,21+/m0/s1. The lowest BCUT2D eigenvalue weighted by molar-refractivity contribution is -0.130. The summed E-state index contributed by atoms with van der Waals surface area (Å²) in [6.07, 6.45) is 7.36. The van der Waals surface area contributed by atoms with Crippen molar-refractivity contribution in [2.45, 2.75) is 46.5 Å². The normalized spacial score (nSPS) is 47.6. The predicted octanol–water partition coefficient (Wildman–Crippen LogP) is 4.84. The fourth-order valence-electron chi connectivity index (χ4n) is 6.34. The summed E-state index contributed by atoms with van der Waals surface area (Å²) in [6.45, 7) is 11.0. The predicted molar refractivity (Wildman–Crippen MR) is 95.5 cm³/mol. The van der Waals surface area contributed by atoms with E-state index in [1.807, 2.05) is 0 Å². The maximum atomic E-state index is 12.5. The van der Waals surface area contributed by atoms with Gasteiger partial charge < -0.3 is 0 Å². The first-order chi connectivity index (χ1) is 11.2. The zero-order valence-electron chi connectivity index (χ0n) is 14.7. The maximum Gasteiger partial charge on any atom is 0.196 e. The van der Waals surface area contributed by atoms with Crippen LogP contribution in [0.4, 0.5) is 0 Å². The van der Waals surface area contributed by atoms with Gasteiger partial charge >= 0.3 is 0 Å². The van der Waals surface area contributed by atoms with E-state index in [1.54, 1.807) is 6.08 Å². The SMILES string of the molecule is C=C1C(C)C2=C(Cl)C(=O)C=C[C@]2(C)[C@H]2CC[C@]3(C)C(=O)CC[C@H]3[C@H]12. The molecule has 24 heavy (non-hydrogen) atoms. The summed E-state index contributed by atoms with van der Waals surface area (Å²) in [7, 11) is 0. The average Bonchev–Trinajstić information content (AvgIpc) is 2.84. The quantitative estimate of drug-likeness (QED) is 0.589. The minimum Gasteiger partial charge on any atom is -0.299 e. The molecule has 0 heterocycles. The molecule has 0 aromatic rings. The molecular formula is C21H25ClO2. The Morgan fingerprint density at radius 3 is 2.62 bits per heavy atom. The fourth-order valence-corrected chi connectivity index (χ4v) is 6.77. The number of rotatable bonds is 0. The molecular weight excluding hydrogens is 320 g/mol. The Morgan fingerprint density at radius 2 is 1.92 bits per heavy atom. The third kappa shape index (κ3) is 1.78. The van der Waals surface area contributed by atoms with Crippen LogP contribution in [0, 0.1) is 34.5 Å². The van der Waals surface area contributed by atoms with Gasteiger partial charge in [-0.1, -0.05) is 50.6 Å². The fraction of sp³-hybridized carbons (Fsp3) is 0.619. The highest BCUT2D eigenvalue weighted by Gasteiger charge is 2.61. The van der Waals surface area contributed by atoms with Crippen molar-refractivity contribution in [1.82, 2.24) is 0 Å². The van der Waals surface area contributed by atoms with Gasteiger partial charge in [-0.05, 0) is 48.7 Å². The second-order valence-corrected chi connectivity index (χ2v) is 9.04. The van der Waals surface area contributed by atoms with E-state index in [0.29, 0.717) is 35.0 Å². The largest absolute Gasteiger partial charge is 0.299 e. The molecule has 0 bridgehead atoms. The van der Waals surface area contributed by atoms with Gasteiger partial charge in [0.25, 0.3) is 0 Å². The topological polar surface area (TPSA) is 34.1 Å². The van der Waals surface area contributed by atoms with E-state index in [1.165, 1.54) is 5.57 Å². The average molecular weight is 345 g/mol. The van der Waals surface area contributed by atoms with Crippen LogP contribution >= 0.6 is 11.6 Å². The number of fused-ring (bicyclic) bond motifs is 5. The second kappa shape index (κ2) is 4.94. The van der Waals surface area contributed by atoms with Crippen molar-refractivity contribution >= 4 is 23.2 Å². The molecule has 4 aliphatic carbocycles. The van der Waals surface area contributed by atoms with E-state index in [0.717, 1.165) is 24.8 Å². The molecule has 3 fully saturated rings. The molecule has 3 heteroatoms. The molecule has 128 valence electrons. The minimum atomic E-state index is -0.191. The summed E-state index contributed by atoms with van der Waals surface area (Å²) in [5.74, 6) is 1.57. The van der Waals surface area contributed by atoms with Crippen molar-refractivity contribution in [2.75, 3.05) is 0 Å². The van der Waals surface area contributed by atoms with E-state index in [2.05, 4.69) is 33.4 Å². The van der Waals surface area contributed by atoms with Gasteiger partial charge in [0, 0.05) is 23.2 Å². The van der Waals surface area contributed by atoms with Crippen LogP contribution in [-0.4, -0.2) is 11.6 Å². The molecule has 1 unspecified atom stereocenters. The van der Waals surface area contributed by atoms with Crippen LogP contribution in [0.25, 0.3) is 0 Å². The highest BCUT2D eigenvalue weighted by Crippen LogP contribution is 2.66. The van der Waals surface area contributed by atoms with Crippen molar-refractivity contribution < 1.29 is 9.59 Å². The lowest BCUT2D eigenvalue weighted by Gasteiger charge is -2.58. The first kappa shape index (κ1) is 16.3. The van der Waals surface area contributed by atoms with E-state index in [4.69, 9.17) is 11.6 Å². The third-order valence-electron chi connectivity index (χ3n) is 7.78. The number of hydrogen-bond donors (Lipinski definition) is 0. The number of allylic oxidation sites excluding steroid dienone is 5. The summed E-state index contributed by atoms with van der Waals surface area (Å²) in [4.78, 5) is 24.7. The van der Waals surface area contributed by atoms with Gasteiger partial charge in [-0.2, -0.15) is 0 Å². The molecule has 2 nitrogen and oxygen atoms in total. The van der Waals surface area contributed by atoms with Gasteiger partial charge in [-0.25, -0.2) is 0 Å². The number of hydrogen-bond acceptors (Lipinski definition) is 2. The molecule has 0 aromatic carbocycles. The molecule has 0 aromatic heterocycles. The molecule has 0 spiro atoms. The van der Waals surface area contributed by atoms with Crippen molar-refractivity contribution in [3.8, 4) is 0 Å². The van der Waals surface area contributed by atoms with Crippen LogP contribution in [0.1, 0.15) is 46.5 Å². The van der Waals surface area contributed by atoms with Crippen molar-refractivity contribution in [3.05, 3.63) is 34.9 Å². The number of ketones is 2. The first-order valence-electron chi connectivity index (χ1n) is 9.07. The monoisotopic (exact) mass is 344 g/mol. The molecule has 0 saturated heterocycles. The van der Waals surface area contributed by atoms with Gasteiger partial charge in [0.05, 0.1) is 5.03 Å². The van der Waals surface area contributed by atoms with Crippen molar-refractivity contribution in [2.24, 2.45) is 34.5 Å². The molecule has 0 amide bonds. The molecule has 0 aliphatic heterocycles. The summed E-state index contributed by atoms with van der Waals surface area (Å²) in [5.41, 5.74) is 1.86.